The van der Waals surface area contributed by atoms with Crippen LogP contribution < -0.4 is 20.9 Å². The number of hydrogen-bond acceptors (Lipinski definition) is 4. The molecule has 2 aromatic carbocycles. The normalized spacial score (nSPS) is 10.1. The second kappa shape index (κ2) is 11.9. The van der Waals surface area contributed by atoms with Gasteiger partial charge in [0.05, 0.1) is 11.6 Å². The predicted octanol–water partition coefficient (Wildman–Crippen LogP) is 3.72. The van der Waals surface area contributed by atoms with Crippen LogP contribution in [0.2, 0.25) is 10.0 Å². The number of halogens is 2. The predicted molar refractivity (Wildman–Crippen MR) is 112 cm³/mol. The van der Waals surface area contributed by atoms with E-state index in [1.165, 1.54) is 0 Å². The third kappa shape index (κ3) is 8.85. The monoisotopic (exact) mass is 437 g/mol. The minimum Gasteiger partial charge on any atom is -0.492 e. The van der Waals surface area contributed by atoms with Crippen LogP contribution in [0.4, 0.5) is 5.69 Å². The van der Waals surface area contributed by atoms with E-state index in [-0.39, 0.29) is 37.7 Å². The number of hydrazine groups is 1. The lowest BCUT2D eigenvalue weighted by Gasteiger charge is -2.09. The van der Waals surface area contributed by atoms with E-state index in [9.17, 15) is 14.4 Å². The molecule has 3 amide bonds. The molecule has 0 saturated heterocycles. The lowest BCUT2D eigenvalue weighted by Crippen LogP contribution is -2.41. The van der Waals surface area contributed by atoms with Crippen molar-refractivity contribution in [2.75, 3.05) is 11.9 Å². The third-order valence-corrected chi connectivity index (χ3v) is 4.21. The highest BCUT2D eigenvalue weighted by atomic mass is 35.5. The zero-order valence-electron chi connectivity index (χ0n) is 15.5. The number of ether oxygens (including phenoxy) is 1. The van der Waals surface area contributed by atoms with E-state index in [2.05, 4.69) is 16.2 Å². The SMILES string of the molecule is O=C(CCCOc1ccc(Cl)cc1Cl)NNC(=O)CCC(=O)Nc1ccccc1. The van der Waals surface area contributed by atoms with Crippen LogP contribution in [0.5, 0.6) is 5.75 Å². The lowest BCUT2D eigenvalue weighted by atomic mass is 10.2. The van der Waals surface area contributed by atoms with Gasteiger partial charge in [0.25, 0.3) is 0 Å². The van der Waals surface area contributed by atoms with Crippen LogP contribution in [0.15, 0.2) is 48.5 Å². The molecular formula is C20H21Cl2N3O4. The van der Waals surface area contributed by atoms with Crippen molar-refractivity contribution in [2.45, 2.75) is 25.7 Å². The van der Waals surface area contributed by atoms with Crippen LogP contribution in [0.1, 0.15) is 25.7 Å². The maximum atomic E-state index is 11.8. The van der Waals surface area contributed by atoms with Gasteiger partial charge in [0.2, 0.25) is 17.7 Å². The van der Waals surface area contributed by atoms with Crippen molar-refractivity contribution in [1.82, 2.24) is 10.9 Å². The Bertz CT molecular complexity index is 847. The summed E-state index contributed by atoms with van der Waals surface area (Å²) in [6.07, 6.45) is 0.545. The summed E-state index contributed by atoms with van der Waals surface area (Å²) in [4.78, 5) is 35.3. The summed E-state index contributed by atoms with van der Waals surface area (Å²) < 4.78 is 5.48. The highest BCUT2D eigenvalue weighted by Gasteiger charge is 2.09. The fourth-order valence-electron chi connectivity index (χ4n) is 2.24. The molecule has 0 aromatic heterocycles. The van der Waals surface area contributed by atoms with Crippen molar-refractivity contribution in [3.63, 3.8) is 0 Å². The molecule has 29 heavy (non-hydrogen) atoms. The molecule has 0 atom stereocenters. The second-order valence-electron chi connectivity index (χ2n) is 6.04. The molecule has 2 rings (SSSR count). The molecule has 0 heterocycles. The fraction of sp³-hybridized carbons (Fsp3) is 0.250. The molecular weight excluding hydrogens is 417 g/mol. The number of para-hydroxylation sites is 1. The zero-order valence-corrected chi connectivity index (χ0v) is 17.1. The molecule has 0 fully saturated rings. The van der Waals surface area contributed by atoms with Gasteiger partial charge in [0.15, 0.2) is 0 Å². The summed E-state index contributed by atoms with van der Waals surface area (Å²) in [5.41, 5.74) is 5.25. The lowest BCUT2D eigenvalue weighted by molar-refractivity contribution is -0.129. The third-order valence-electron chi connectivity index (χ3n) is 3.68. The Kier molecular flexibility index (Phi) is 9.27. The van der Waals surface area contributed by atoms with Gasteiger partial charge in [-0.25, -0.2) is 0 Å². The van der Waals surface area contributed by atoms with E-state index in [1.54, 1.807) is 42.5 Å². The zero-order chi connectivity index (χ0) is 21.1. The number of rotatable bonds is 9. The quantitative estimate of drug-likeness (QED) is 0.411. The Hall–Kier alpha value is -2.77. The molecule has 2 aromatic rings. The molecule has 0 aliphatic carbocycles. The molecule has 0 bridgehead atoms. The Balaban J connectivity index is 1.56. The van der Waals surface area contributed by atoms with Gasteiger partial charge in [-0.2, -0.15) is 0 Å². The number of nitrogens with one attached hydrogen (secondary N) is 3. The van der Waals surface area contributed by atoms with Crippen LogP contribution >= 0.6 is 23.2 Å². The highest BCUT2D eigenvalue weighted by molar-refractivity contribution is 6.35. The molecule has 0 radical (unpaired) electrons. The Labute approximate surface area is 178 Å². The molecule has 0 spiro atoms. The number of benzene rings is 2. The Morgan fingerprint density at radius 3 is 2.17 bits per heavy atom. The summed E-state index contributed by atoms with van der Waals surface area (Å²) in [7, 11) is 0. The number of anilines is 1. The molecule has 0 aliphatic heterocycles. The highest BCUT2D eigenvalue weighted by Crippen LogP contribution is 2.27. The van der Waals surface area contributed by atoms with Crippen molar-refractivity contribution in [3.8, 4) is 5.75 Å². The van der Waals surface area contributed by atoms with Crippen molar-refractivity contribution < 1.29 is 19.1 Å². The number of carbonyl (C=O) groups is 3. The van der Waals surface area contributed by atoms with Gasteiger partial charge >= 0.3 is 0 Å². The van der Waals surface area contributed by atoms with Crippen molar-refractivity contribution >= 4 is 46.6 Å². The molecule has 154 valence electrons. The topological polar surface area (TPSA) is 96.5 Å². The van der Waals surface area contributed by atoms with Crippen molar-refractivity contribution in [1.29, 1.82) is 0 Å². The number of hydrogen-bond donors (Lipinski definition) is 3. The minimum absolute atomic E-state index is 0.00624. The smallest absolute Gasteiger partial charge is 0.238 e. The van der Waals surface area contributed by atoms with Crippen LogP contribution in [0.3, 0.4) is 0 Å². The molecule has 0 unspecified atom stereocenters. The minimum atomic E-state index is -0.453. The Morgan fingerprint density at radius 1 is 0.828 bits per heavy atom. The average molecular weight is 438 g/mol. The van der Waals surface area contributed by atoms with Gasteiger partial charge in [-0.3, -0.25) is 25.2 Å². The Morgan fingerprint density at radius 2 is 1.48 bits per heavy atom. The average Bonchev–Trinajstić information content (AvgIpc) is 2.70. The van der Waals surface area contributed by atoms with Gasteiger partial charge in [0, 0.05) is 30.0 Å². The van der Waals surface area contributed by atoms with Gasteiger partial charge < -0.3 is 10.1 Å². The summed E-state index contributed by atoms with van der Waals surface area (Å²) >= 11 is 11.8. The van der Waals surface area contributed by atoms with Gasteiger partial charge in [0.1, 0.15) is 5.75 Å². The number of amides is 3. The number of carbonyl (C=O) groups excluding carboxylic acids is 3. The summed E-state index contributed by atoms with van der Waals surface area (Å²) in [5.74, 6) is -0.613. The molecule has 0 saturated carbocycles. The first-order valence-electron chi connectivity index (χ1n) is 8.94. The van der Waals surface area contributed by atoms with Gasteiger partial charge in [-0.15, -0.1) is 0 Å². The summed E-state index contributed by atoms with van der Waals surface area (Å²) in [5, 5.41) is 3.58. The van der Waals surface area contributed by atoms with Crippen LogP contribution in [-0.2, 0) is 14.4 Å². The van der Waals surface area contributed by atoms with E-state index in [0.29, 0.717) is 27.9 Å². The van der Waals surface area contributed by atoms with Crippen molar-refractivity contribution in [2.24, 2.45) is 0 Å². The van der Waals surface area contributed by atoms with E-state index in [0.717, 1.165) is 0 Å². The molecule has 0 aliphatic rings. The van der Waals surface area contributed by atoms with Crippen LogP contribution in [-0.4, -0.2) is 24.3 Å². The van der Waals surface area contributed by atoms with E-state index in [1.807, 2.05) is 6.07 Å². The first-order chi connectivity index (χ1) is 13.9. The van der Waals surface area contributed by atoms with Gasteiger partial charge in [-0.1, -0.05) is 41.4 Å². The van der Waals surface area contributed by atoms with Crippen molar-refractivity contribution in [3.05, 3.63) is 58.6 Å². The van der Waals surface area contributed by atoms with Crippen LogP contribution in [0, 0.1) is 0 Å². The van der Waals surface area contributed by atoms with Gasteiger partial charge in [-0.05, 0) is 36.8 Å². The standard InChI is InChI=1S/C20H21Cl2N3O4/c21-14-8-9-17(16(22)13-14)29-12-4-7-19(27)24-25-20(28)11-10-18(26)23-15-5-2-1-3-6-15/h1-3,5-6,8-9,13H,4,7,10-12H2,(H,23,26)(H,24,27)(H,25,28). The molecule has 3 N–H and O–H groups in total. The van der Waals surface area contributed by atoms with E-state index < -0.39 is 5.91 Å². The summed E-state index contributed by atoms with van der Waals surface area (Å²) in [6, 6.07) is 13.8. The van der Waals surface area contributed by atoms with E-state index in [4.69, 9.17) is 27.9 Å². The molecule has 9 heteroatoms. The second-order valence-corrected chi connectivity index (χ2v) is 6.88. The largest absolute Gasteiger partial charge is 0.492 e. The fourth-order valence-corrected chi connectivity index (χ4v) is 2.71. The van der Waals surface area contributed by atoms with E-state index >= 15 is 0 Å². The maximum absolute atomic E-state index is 11.8. The summed E-state index contributed by atoms with van der Waals surface area (Å²) in [6.45, 7) is 0.280. The maximum Gasteiger partial charge on any atom is 0.238 e. The first kappa shape index (κ1) is 22.5. The molecule has 7 nitrogen and oxygen atoms in total. The first-order valence-corrected chi connectivity index (χ1v) is 9.70. The van der Waals surface area contributed by atoms with Crippen LogP contribution in [0.25, 0.3) is 0 Å².